The molecule has 0 spiro atoms. The maximum Gasteiger partial charge on any atom is 0.123 e. The van der Waals surface area contributed by atoms with Crippen LogP contribution in [0.1, 0.15) is 13.3 Å². The average Bonchev–Trinajstić information content (AvgIpc) is 3.14. The maximum absolute atomic E-state index is 13.7. The average molecular weight is 362 g/mol. The molecule has 3 nitrogen and oxygen atoms in total. The molecule has 1 unspecified atom stereocenters. The van der Waals surface area contributed by atoms with Gasteiger partial charge in [-0.2, -0.15) is 0 Å². The molecule has 0 amide bonds. The van der Waals surface area contributed by atoms with Gasteiger partial charge in [-0.1, -0.05) is 11.9 Å². The zero-order valence-electron chi connectivity index (χ0n) is 14.0. The van der Waals surface area contributed by atoms with E-state index in [-0.39, 0.29) is 11.6 Å². The Bertz CT molecular complexity index is 873. The highest BCUT2D eigenvalue weighted by Crippen LogP contribution is 2.32. The molecule has 25 heavy (non-hydrogen) atoms. The van der Waals surface area contributed by atoms with Gasteiger partial charge in [-0.05, 0) is 49.7 Å². The van der Waals surface area contributed by atoms with E-state index in [0.29, 0.717) is 23.9 Å². The SMILES string of the molecule is CC(O)(CN1CCCS1)Cn1c2ccc(F)cc2c2cc(F)ccc21. The van der Waals surface area contributed by atoms with Crippen molar-refractivity contribution >= 4 is 33.8 Å². The Labute approximate surface area is 149 Å². The molecule has 2 aromatic carbocycles. The van der Waals surface area contributed by atoms with Crippen molar-refractivity contribution in [3.8, 4) is 0 Å². The number of fused-ring (bicyclic) bond motifs is 3. The third kappa shape index (κ3) is 3.26. The van der Waals surface area contributed by atoms with Crippen molar-refractivity contribution in [3.05, 3.63) is 48.0 Å². The first-order chi connectivity index (χ1) is 11.9. The third-order valence-electron chi connectivity index (χ3n) is 4.63. The fourth-order valence-corrected chi connectivity index (χ4v) is 4.76. The van der Waals surface area contributed by atoms with Crippen LogP contribution in [0.25, 0.3) is 21.8 Å². The van der Waals surface area contributed by atoms with E-state index in [4.69, 9.17) is 0 Å². The second-order valence-electron chi connectivity index (χ2n) is 6.96. The van der Waals surface area contributed by atoms with Crippen LogP contribution in [0.2, 0.25) is 0 Å². The highest BCUT2D eigenvalue weighted by molar-refractivity contribution is 7.97. The number of halogens is 2. The lowest BCUT2D eigenvalue weighted by molar-refractivity contribution is 0.0293. The van der Waals surface area contributed by atoms with Gasteiger partial charge in [0.1, 0.15) is 11.6 Å². The van der Waals surface area contributed by atoms with Crippen LogP contribution in [0.15, 0.2) is 36.4 Å². The van der Waals surface area contributed by atoms with Gasteiger partial charge in [-0.3, -0.25) is 0 Å². The Balaban J connectivity index is 1.79. The predicted octanol–water partition coefficient (Wildman–Crippen LogP) is 4.18. The van der Waals surface area contributed by atoms with Crippen LogP contribution in [0.3, 0.4) is 0 Å². The van der Waals surface area contributed by atoms with Gasteiger partial charge >= 0.3 is 0 Å². The molecule has 0 saturated carbocycles. The molecule has 6 heteroatoms. The second-order valence-corrected chi connectivity index (χ2v) is 8.14. The van der Waals surface area contributed by atoms with Crippen LogP contribution >= 0.6 is 11.9 Å². The van der Waals surface area contributed by atoms with E-state index in [1.807, 2.05) is 11.5 Å². The van der Waals surface area contributed by atoms with Crippen molar-refractivity contribution in [2.75, 3.05) is 18.8 Å². The van der Waals surface area contributed by atoms with E-state index in [0.717, 1.165) is 29.8 Å². The summed E-state index contributed by atoms with van der Waals surface area (Å²) in [5.74, 6) is 0.386. The molecule has 1 aromatic heterocycles. The van der Waals surface area contributed by atoms with Gasteiger partial charge in [-0.15, -0.1) is 0 Å². The van der Waals surface area contributed by atoms with Crippen molar-refractivity contribution in [2.45, 2.75) is 25.5 Å². The monoisotopic (exact) mass is 362 g/mol. The quantitative estimate of drug-likeness (QED) is 0.706. The summed E-state index contributed by atoms with van der Waals surface area (Å²) >= 11 is 1.76. The Morgan fingerprint density at radius 3 is 2.16 bits per heavy atom. The third-order valence-corrected chi connectivity index (χ3v) is 5.78. The minimum Gasteiger partial charge on any atom is -0.387 e. The molecule has 1 aliphatic heterocycles. The van der Waals surface area contributed by atoms with Crippen molar-refractivity contribution in [3.63, 3.8) is 0 Å². The highest BCUT2D eigenvalue weighted by atomic mass is 32.2. The largest absolute Gasteiger partial charge is 0.387 e. The van der Waals surface area contributed by atoms with E-state index in [1.54, 1.807) is 24.1 Å². The van der Waals surface area contributed by atoms with Crippen LogP contribution < -0.4 is 0 Å². The summed E-state index contributed by atoms with van der Waals surface area (Å²) in [6.45, 7) is 3.71. The minimum absolute atomic E-state index is 0.351. The van der Waals surface area contributed by atoms with E-state index in [1.165, 1.54) is 24.3 Å². The first-order valence-electron chi connectivity index (χ1n) is 8.40. The van der Waals surface area contributed by atoms with Crippen LogP contribution in [0.5, 0.6) is 0 Å². The fourth-order valence-electron chi connectivity index (χ4n) is 3.61. The summed E-state index contributed by atoms with van der Waals surface area (Å²) in [6, 6.07) is 9.06. The van der Waals surface area contributed by atoms with E-state index < -0.39 is 5.60 Å². The summed E-state index contributed by atoms with van der Waals surface area (Å²) in [5.41, 5.74) is 0.659. The molecule has 1 saturated heterocycles. The predicted molar refractivity (Wildman–Crippen MR) is 98.6 cm³/mol. The second kappa shape index (κ2) is 6.27. The summed E-state index contributed by atoms with van der Waals surface area (Å²) < 4.78 is 31.6. The number of rotatable bonds is 4. The first-order valence-corrected chi connectivity index (χ1v) is 9.34. The van der Waals surface area contributed by atoms with Gasteiger partial charge < -0.3 is 9.67 Å². The van der Waals surface area contributed by atoms with E-state index in [2.05, 4.69) is 4.31 Å². The lowest BCUT2D eigenvalue weighted by atomic mass is 10.1. The van der Waals surface area contributed by atoms with Crippen LogP contribution in [-0.4, -0.2) is 38.4 Å². The molecule has 1 fully saturated rings. The number of aliphatic hydroxyl groups is 1. The summed E-state index contributed by atoms with van der Waals surface area (Å²) in [4.78, 5) is 0. The van der Waals surface area contributed by atoms with Crippen LogP contribution in [0, 0.1) is 11.6 Å². The molecule has 1 N–H and O–H groups in total. The zero-order valence-corrected chi connectivity index (χ0v) is 14.8. The summed E-state index contributed by atoms with van der Waals surface area (Å²) in [5, 5.41) is 12.3. The molecule has 3 aromatic rings. The molecular weight excluding hydrogens is 342 g/mol. The minimum atomic E-state index is -0.945. The van der Waals surface area contributed by atoms with Crippen molar-refractivity contribution < 1.29 is 13.9 Å². The van der Waals surface area contributed by atoms with E-state index in [9.17, 15) is 13.9 Å². The molecule has 2 heterocycles. The van der Waals surface area contributed by atoms with Gasteiger partial charge in [0, 0.05) is 40.6 Å². The maximum atomic E-state index is 13.7. The zero-order chi connectivity index (χ0) is 17.6. The molecule has 0 bridgehead atoms. The molecule has 4 rings (SSSR count). The van der Waals surface area contributed by atoms with Gasteiger partial charge in [0.05, 0.1) is 12.1 Å². The summed E-state index contributed by atoms with van der Waals surface area (Å²) in [7, 11) is 0. The van der Waals surface area contributed by atoms with Crippen molar-refractivity contribution in [2.24, 2.45) is 0 Å². The Morgan fingerprint density at radius 1 is 1.04 bits per heavy atom. The number of hydrogen-bond donors (Lipinski definition) is 1. The van der Waals surface area contributed by atoms with Crippen LogP contribution in [-0.2, 0) is 6.54 Å². The number of aromatic nitrogens is 1. The standard InChI is InChI=1S/C19H20F2N2OS/c1-19(24,11-22-7-2-8-25-22)12-23-17-5-3-13(20)9-15(17)16-10-14(21)4-6-18(16)23/h3-6,9-10,24H,2,7-8,11-12H2,1H3. The number of β-amino-alcohol motifs (C(OH)–C–C–N with tert-alkyl or cyclic N) is 1. The smallest absolute Gasteiger partial charge is 0.123 e. The number of hydrogen-bond acceptors (Lipinski definition) is 3. The lowest BCUT2D eigenvalue weighted by Gasteiger charge is -2.29. The number of nitrogens with zero attached hydrogens (tertiary/aromatic N) is 2. The molecule has 132 valence electrons. The topological polar surface area (TPSA) is 28.4 Å². The number of benzene rings is 2. The van der Waals surface area contributed by atoms with Gasteiger partial charge in [-0.25, -0.2) is 13.1 Å². The Hall–Kier alpha value is -1.63. The van der Waals surface area contributed by atoms with Crippen molar-refractivity contribution in [1.29, 1.82) is 0 Å². The van der Waals surface area contributed by atoms with Crippen molar-refractivity contribution in [1.82, 2.24) is 8.87 Å². The first kappa shape index (κ1) is 16.8. The van der Waals surface area contributed by atoms with Crippen LogP contribution in [0.4, 0.5) is 8.78 Å². The van der Waals surface area contributed by atoms with Gasteiger partial charge in [0.2, 0.25) is 0 Å². The molecule has 0 radical (unpaired) electrons. The van der Waals surface area contributed by atoms with Gasteiger partial charge in [0.25, 0.3) is 0 Å². The van der Waals surface area contributed by atoms with E-state index >= 15 is 0 Å². The summed E-state index contributed by atoms with van der Waals surface area (Å²) in [6.07, 6.45) is 1.13. The normalized spacial score (nSPS) is 18.2. The molecular formula is C19H20F2N2OS. The molecule has 1 aliphatic rings. The Kier molecular flexibility index (Phi) is 4.22. The molecule has 1 atom stereocenters. The fraction of sp³-hybridized carbons (Fsp3) is 0.368. The highest BCUT2D eigenvalue weighted by Gasteiger charge is 2.28. The van der Waals surface area contributed by atoms with Gasteiger partial charge in [0.15, 0.2) is 0 Å². The Morgan fingerprint density at radius 2 is 1.64 bits per heavy atom. The molecule has 0 aliphatic carbocycles. The lowest BCUT2D eigenvalue weighted by Crippen LogP contribution is -2.40.